The van der Waals surface area contributed by atoms with E-state index in [9.17, 15) is 4.79 Å². The van der Waals surface area contributed by atoms with Gasteiger partial charge >= 0.3 is 0 Å². The molecule has 0 saturated carbocycles. The Morgan fingerprint density at radius 2 is 2.25 bits per heavy atom. The monoisotopic (exact) mass is 218 g/mol. The lowest BCUT2D eigenvalue weighted by molar-refractivity contribution is -0.121. The third-order valence-electron chi connectivity index (χ3n) is 3.12. The number of carbonyl (C=O) groups excluding carboxylic acids is 1. The Morgan fingerprint density at radius 3 is 3.06 bits per heavy atom. The molecule has 0 bridgehead atoms. The fourth-order valence-electron chi connectivity index (χ4n) is 2.20. The molecule has 2 rings (SSSR count). The van der Waals surface area contributed by atoms with E-state index >= 15 is 0 Å². The van der Waals surface area contributed by atoms with Crippen LogP contribution in [0.4, 0.5) is 0 Å². The number of hydrogen-bond donors (Lipinski definition) is 0. The Kier molecular flexibility index (Phi) is 3.60. The molecule has 16 heavy (non-hydrogen) atoms. The van der Waals surface area contributed by atoms with E-state index in [1.54, 1.807) is 0 Å². The average molecular weight is 218 g/mol. The molecule has 1 heterocycles. The van der Waals surface area contributed by atoms with Crippen LogP contribution < -0.4 is 4.74 Å². The van der Waals surface area contributed by atoms with Crippen LogP contribution in [0.25, 0.3) is 0 Å². The maximum atomic E-state index is 12.1. The van der Waals surface area contributed by atoms with E-state index in [1.807, 2.05) is 24.3 Å². The molecule has 0 fully saturated rings. The molecule has 0 radical (unpaired) electrons. The van der Waals surface area contributed by atoms with Crippen molar-refractivity contribution in [3.05, 3.63) is 29.8 Å². The van der Waals surface area contributed by atoms with E-state index < -0.39 is 0 Å². The fraction of sp³-hybridized carbons (Fsp3) is 0.500. The van der Waals surface area contributed by atoms with E-state index in [2.05, 4.69) is 6.92 Å². The van der Waals surface area contributed by atoms with Gasteiger partial charge in [-0.3, -0.25) is 4.79 Å². The number of benzene rings is 1. The van der Waals surface area contributed by atoms with Gasteiger partial charge in [-0.25, -0.2) is 0 Å². The fourth-order valence-corrected chi connectivity index (χ4v) is 2.20. The lowest BCUT2D eigenvalue weighted by atomic mass is 9.87. The second-order valence-corrected chi connectivity index (χ2v) is 4.30. The van der Waals surface area contributed by atoms with Crippen molar-refractivity contribution in [3.63, 3.8) is 0 Å². The summed E-state index contributed by atoms with van der Waals surface area (Å²) >= 11 is 0. The second kappa shape index (κ2) is 5.15. The highest BCUT2D eigenvalue weighted by Crippen LogP contribution is 2.34. The minimum Gasteiger partial charge on any atom is -0.493 e. The van der Waals surface area contributed by atoms with Gasteiger partial charge in [0.1, 0.15) is 11.5 Å². The molecule has 2 heteroatoms. The first-order valence-corrected chi connectivity index (χ1v) is 6.07. The van der Waals surface area contributed by atoms with E-state index in [0.717, 1.165) is 30.6 Å². The maximum absolute atomic E-state index is 12.1. The molecule has 1 unspecified atom stereocenters. The van der Waals surface area contributed by atoms with Gasteiger partial charge in [-0.2, -0.15) is 0 Å². The first-order chi connectivity index (χ1) is 7.83. The minimum atomic E-state index is 0.0662. The molecule has 0 saturated heterocycles. The number of unbranched alkanes of at least 4 members (excludes halogenated alkanes) is 1. The van der Waals surface area contributed by atoms with E-state index in [-0.39, 0.29) is 5.92 Å². The first kappa shape index (κ1) is 11.2. The number of para-hydroxylation sites is 1. The summed E-state index contributed by atoms with van der Waals surface area (Å²) in [5.74, 6) is 1.33. The van der Waals surface area contributed by atoms with Gasteiger partial charge in [0.2, 0.25) is 0 Å². The van der Waals surface area contributed by atoms with Gasteiger partial charge in [-0.1, -0.05) is 31.5 Å². The van der Waals surface area contributed by atoms with Crippen LogP contribution in [0, 0.1) is 0 Å². The molecule has 1 aliphatic heterocycles. The van der Waals surface area contributed by atoms with E-state index in [1.165, 1.54) is 0 Å². The largest absolute Gasteiger partial charge is 0.493 e. The van der Waals surface area contributed by atoms with Crippen LogP contribution in [0.1, 0.15) is 44.1 Å². The Balaban J connectivity index is 2.15. The second-order valence-electron chi connectivity index (χ2n) is 4.30. The van der Waals surface area contributed by atoms with Crippen LogP contribution in [0.3, 0.4) is 0 Å². The third kappa shape index (κ3) is 2.26. The SMILES string of the molecule is CCCCC(=O)C1CCOc2ccccc21. The van der Waals surface area contributed by atoms with Crippen molar-refractivity contribution in [3.8, 4) is 5.75 Å². The highest BCUT2D eigenvalue weighted by molar-refractivity contribution is 5.86. The predicted molar refractivity (Wildman–Crippen MR) is 63.8 cm³/mol. The van der Waals surface area contributed by atoms with E-state index in [4.69, 9.17) is 4.74 Å². The molecule has 1 aliphatic rings. The predicted octanol–water partition coefficient (Wildman–Crippen LogP) is 3.31. The average Bonchev–Trinajstić information content (AvgIpc) is 2.35. The van der Waals surface area contributed by atoms with Crippen molar-refractivity contribution in [1.29, 1.82) is 0 Å². The smallest absolute Gasteiger partial charge is 0.140 e. The number of carbonyl (C=O) groups is 1. The summed E-state index contributed by atoms with van der Waals surface area (Å²) in [6, 6.07) is 7.91. The van der Waals surface area contributed by atoms with Gasteiger partial charge in [-0.15, -0.1) is 0 Å². The van der Waals surface area contributed by atoms with Gasteiger partial charge in [0.15, 0.2) is 0 Å². The molecule has 0 aliphatic carbocycles. The molecule has 0 N–H and O–H groups in total. The van der Waals surface area contributed by atoms with Crippen molar-refractivity contribution < 1.29 is 9.53 Å². The van der Waals surface area contributed by atoms with Gasteiger partial charge in [-0.05, 0) is 18.9 Å². The summed E-state index contributed by atoms with van der Waals surface area (Å²) in [6.45, 7) is 2.78. The van der Waals surface area contributed by atoms with Crippen molar-refractivity contribution in [1.82, 2.24) is 0 Å². The Morgan fingerprint density at radius 1 is 1.44 bits per heavy atom. The zero-order chi connectivity index (χ0) is 11.4. The number of Topliss-reactive ketones (excluding diaryl/α,β-unsaturated/α-hetero) is 1. The maximum Gasteiger partial charge on any atom is 0.140 e. The zero-order valence-corrected chi connectivity index (χ0v) is 9.74. The quantitative estimate of drug-likeness (QED) is 0.775. The summed E-state index contributed by atoms with van der Waals surface area (Å²) < 4.78 is 5.56. The Labute approximate surface area is 96.6 Å². The minimum absolute atomic E-state index is 0.0662. The van der Waals surface area contributed by atoms with Gasteiger partial charge in [0.25, 0.3) is 0 Å². The number of ketones is 1. The van der Waals surface area contributed by atoms with Gasteiger partial charge < -0.3 is 4.74 Å². The third-order valence-corrected chi connectivity index (χ3v) is 3.12. The van der Waals surface area contributed by atoms with Crippen LogP contribution in [-0.4, -0.2) is 12.4 Å². The summed E-state index contributed by atoms with van der Waals surface area (Å²) in [4.78, 5) is 12.1. The molecule has 0 aromatic heterocycles. The first-order valence-electron chi connectivity index (χ1n) is 6.07. The Hall–Kier alpha value is -1.31. The Bertz CT molecular complexity index is 371. The normalized spacial score (nSPS) is 18.7. The lowest BCUT2D eigenvalue weighted by Crippen LogP contribution is -2.21. The molecule has 1 aromatic rings. The van der Waals surface area contributed by atoms with Crippen LogP contribution in [0.5, 0.6) is 5.75 Å². The number of rotatable bonds is 4. The highest BCUT2D eigenvalue weighted by Gasteiger charge is 2.26. The molecular formula is C14H18O2. The molecule has 2 nitrogen and oxygen atoms in total. The summed E-state index contributed by atoms with van der Waals surface area (Å²) in [5.41, 5.74) is 1.08. The molecule has 0 spiro atoms. The van der Waals surface area contributed by atoms with Crippen molar-refractivity contribution in [2.75, 3.05) is 6.61 Å². The van der Waals surface area contributed by atoms with Gasteiger partial charge in [0, 0.05) is 17.9 Å². The molecule has 0 amide bonds. The zero-order valence-electron chi connectivity index (χ0n) is 9.74. The molecule has 86 valence electrons. The highest BCUT2D eigenvalue weighted by atomic mass is 16.5. The summed E-state index contributed by atoms with van der Waals surface area (Å²) in [6.07, 6.45) is 3.62. The number of hydrogen-bond acceptors (Lipinski definition) is 2. The topological polar surface area (TPSA) is 26.3 Å². The van der Waals surface area contributed by atoms with Crippen molar-refractivity contribution >= 4 is 5.78 Å². The van der Waals surface area contributed by atoms with Gasteiger partial charge in [0.05, 0.1) is 6.61 Å². The van der Waals surface area contributed by atoms with Crippen LogP contribution >= 0.6 is 0 Å². The standard InChI is InChI=1S/C14H18O2/c1-2-3-7-13(15)11-9-10-16-14-8-5-4-6-12(11)14/h4-6,8,11H,2-3,7,9-10H2,1H3. The summed E-state index contributed by atoms with van der Waals surface area (Å²) in [5, 5.41) is 0. The summed E-state index contributed by atoms with van der Waals surface area (Å²) in [7, 11) is 0. The van der Waals surface area contributed by atoms with Crippen LogP contribution in [-0.2, 0) is 4.79 Å². The number of ether oxygens (including phenoxy) is 1. The lowest BCUT2D eigenvalue weighted by Gasteiger charge is -2.24. The molecular weight excluding hydrogens is 200 g/mol. The van der Waals surface area contributed by atoms with E-state index in [0.29, 0.717) is 18.8 Å². The molecule has 1 aromatic carbocycles. The van der Waals surface area contributed by atoms with Crippen molar-refractivity contribution in [2.45, 2.75) is 38.5 Å². The van der Waals surface area contributed by atoms with Crippen LogP contribution in [0.2, 0.25) is 0 Å². The molecule has 1 atom stereocenters. The van der Waals surface area contributed by atoms with Crippen molar-refractivity contribution in [2.24, 2.45) is 0 Å². The van der Waals surface area contributed by atoms with Crippen LogP contribution in [0.15, 0.2) is 24.3 Å². The number of fused-ring (bicyclic) bond motifs is 1.